The Bertz CT molecular complexity index is 481. The van der Waals surface area contributed by atoms with Gasteiger partial charge < -0.3 is 0 Å². The number of carbonyl (C=O) groups is 1. The summed E-state index contributed by atoms with van der Waals surface area (Å²) < 4.78 is 0. The smallest absolute Gasteiger partial charge is 0.236 e. The van der Waals surface area contributed by atoms with Crippen molar-refractivity contribution in [3.8, 4) is 11.8 Å². The summed E-state index contributed by atoms with van der Waals surface area (Å²) in [4.78, 5) is 11.6. The minimum atomic E-state index is -0.251. The summed E-state index contributed by atoms with van der Waals surface area (Å²) >= 11 is 0. The lowest BCUT2D eigenvalue weighted by molar-refractivity contribution is -0.110. The predicted molar refractivity (Wildman–Crippen MR) is 66.8 cm³/mol. The summed E-state index contributed by atoms with van der Waals surface area (Å²) in [5.41, 5.74) is 1.27. The maximum atomic E-state index is 11.6. The second kappa shape index (κ2) is 6.21. The zero-order chi connectivity index (χ0) is 11.8. The van der Waals surface area contributed by atoms with E-state index < -0.39 is 0 Å². The van der Waals surface area contributed by atoms with Crippen LogP contribution in [-0.4, -0.2) is 5.78 Å². The van der Waals surface area contributed by atoms with Gasteiger partial charge in [-0.2, -0.15) is 0 Å². The monoisotopic (exact) mass is 208 g/mol. The predicted octanol–water partition coefficient (Wildman–Crippen LogP) is 2.91. The molecule has 1 rings (SSSR count). The van der Waals surface area contributed by atoms with Crippen molar-refractivity contribution in [2.75, 3.05) is 0 Å². The Kier molecular flexibility index (Phi) is 4.56. The van der Waals surface area contributed by atoms with E-state index >= 15 is 0 Å². The molecule has 1 nitrogen and oxygen atoms in total. The lowest BCUT2D eigenvalue weighted by Gasteiger charge is -1.90. The van der Waals surface area contributed by atoms with Crippen LogP contribution < -0.4 is 0 Å². The first-order valence-electron chi connectivity index (χ1n) is 4.84. The number of carbonyl (C=O) groups excluding carboxylic acids is 1. The van der Waals surface area contributed by atoms with E-state index in [1.54, 1.807) is 12.2 Å². The molecule has 0 aliphatic heterocycles. The van der Waals surface area contributed by atoms with Crippen molar-refractivity contribution >= 4 is 5.78 Å². The molecule has 1 aromatic rings. The molecule has 0 fully saturated rings. The molecule has 1 aromatic carbocycles. The summed E-state index contributed by atoms with van der Waals surface area (Å²) in [5, 5.41) is 0. The van der Waals surface area contributed by atoms with Gasteiger partial charge in [0.05, 0.1) is 0 Å². The van der Waals surface area contributed by atoms with Crippen LogP contribution in [0, 0.1) is 11.8 Å². The molecule has 78 valence electrons. The van der Waals surface area contributed by atoms with Gasteiger partial charge in [-0.25, -0.2) is 0 Å². The van der Waals surface area contributed by atoms with Gasteiger partial charge in [-0.3, -0.25) is 4.79 Å². The normalized spacial score (nSPS) is 9.88. The van der Waals surface area contributed by atoms with E-state index in [1.807, 2.05) is 30.3 Å². The fraction of sp³-hybridized carbons (Fsp3) is 0. The molecule has 0 heterocycles. The Morgan fingerprint density at radius 1 is 1.19 bits per heavy atom. The van der Waals surface area contributed by atoms with Gasteiger partial charge in [0.15, 0.2) is 0 Å². The lowest BCUT2D eigenvalue weighted by Crippen LogP contribution is -1.95. The summed E-state index contributed by atoms with van der Waals surface area (Å²) in [6.45, 7) is 7.08. The lowest BCUT2D eigenvalue weighted by atomic mass is 10.1. The van der Waals surface area contributed by atoms with Crippen LogP contribution in [0.3, 0.4) is 0 Å². The van der Waals surface area contributed by atoms with Crippen LogP contribution in [0.2, 0.25) is 0 Å². The van der Waals surface area contributed by atoms with Crippen LogP contribution in [0.1, 0.15) is 5.56 Å². The van der Waals surface area contributed by atoms with E-state index in [9.17, 15) is 4.79 Å². The maximum Gasteiger partial charge on any atom is 0.236 e. The second-order valence-corrected chi connectivity index (χ2v) is 3.01. The Morgan fingerprint density at radius 3 is 2.44 bits per heavy atom. The van der Waals surface area contributed by atoms with Gasteiger partial charge in [-0.15, -0.1) is 0 Å². The zero-order valence-corrected chi connectivity index (χ0v) is 8.94. The highest BCUT2D eigenvalue weighted by Crippen LogP contribution is 1.99. The molecule has 0 aliphatic carbocycles. The average molecular weight is 208 g/mol. The highest BCUT2D eigenvalue weighted by molar-refractivity contribution is 6.10. The molecular formula is C15H12O. The van der Waals surface area contributed by atoms with Crippen molar-refractivity contribution in [1.29, 1.82) is 0 Å². The van der Waals surface area contributed by atoms with Crippen molar-refractivity contribution in [2.45, 2.75) is 0 Å². The van der Waals surface area contributed by atoms with Crippen LogP contribution in [0.4, 0.5) is 0 Å². The van der Waals surface area contributed by atoms with Crippen LogP contribution in [-0.2, 0) is 4.79 Å². The number of hydrogen-bond donors (Lipinski definition) is 0. The Morgan fingerprint density at radius 2 is 1.88 bits per heavy atom. The Labute approximate surface area is 95.8 Å². The fourth-order valence-electron chi connectivity index (χ4n) is 1.09. The van der Waals surface area contributed by atoms with E-state index in [0.29, 0.717) is 5.57 Å². The number of benzene rings is 1. The molecule has 0 radical (unpaired) electrons. The van der Waals surface area contributed by atoms with Crippen molar-refractivity contribution in [3.63, 3.8) is 0 Å². The molecule has 0 spiro atoms. The topological polar surface area (TPSA) is 17.1 Å². The van der Waals surface area contributed by atoms with Gasteiger partial charge in [0.1, 0.15) is 0 Å². The number of Topliss-reactive ketones (excluding diaryl/α,β-unsaturated/α-hetero) is 1. The molecule has 1 heteroatoms. The van der Waals surface area contributed by atoms with E-state index in [-0.39, 0.29) is 5.78 Å². The summed E-state index contributed by atoms with van der Waals surface area (Å²) in [6.07, 6.45) is 4.61. The molecule has 0 saturated heterocycles. The van der Waals surface area contributed by atoms with Crippen molar-refractivity contribution in [1.82, 2.24) is 0 Å². The van der Waals surface area contributed by atoms with Gasteiger partial charge in [0, 0.05) is 11.1 Å². The second-order valence-electron chi connectivity index (χ2n) is 3.01. The van der Waals surface area contributed by atoms with Crippen LogP contribution in [0.25, 0.3) is 0 Å². The number of ketones is 1. The maximum absolute atomic E-state index is 11.6. The van der Waals surface area contributed by atoms with Crippen molar-refractivity contribution in [3.05, 3.63) is 72.9 Å². The highest BCUT2D eigenvalue weighted by atomic mass is 16.1. The van der Waals surface area contributed by atoms with Gasteiger partial charge in [0.25, 0.3) is 0 Å². The molecule has 0 atom stereocenters. The summed E-state index contributed by atoms with van der Waals surface area (Å²) in [7, 11) is 0. The third-order valence-corrected chi connectivity index (χ3v) is 1.87. The summed E-state index contributed by atoms with van der Waals surface area (Å²) in [6, 6.07) is 9.36. The standard InChI is InChI=1S/C15H12O/c1-3-8-14(4-2)15(16)12-11-13-9-6-5-7-10-13/h3-10H,1-2H2/b14-8+. The minimum absolute atomic E-state index is 0.251. The number of rotatable bonds is 3. The summed E-state index contributed by atoms with van der Waals surface area (Å²) in [5.74, 6) is 5.10. The molecule has 0 aromatic heterocycles. The van der Waals surface area contributed by atoms with Crippen LogP contribution in [0.5, 0.6) is 0 Å². The average Bonchev–Trinajstić information content (AvgIpc) is 2.34. The van der Waals surface area contributed by atoms with Gasteiger partial charge in [-0.05, 0) is 18.1 Å². The molecule has 0 unspecified atom stereocenters. The Hall–Kier alpha value is -2.33. The van der Waals surface area contributed by atoms with Crippen LogP contribution >= 0.6 is 0 Å². The first-order chi connectivity index (χ1) is 7.77. The van der Waals surface area contributed by atoms with E-state index in [0.717, 1.165) is 5.56 Å². The SMILES string of the molecule is C=C/C=C(\C=C)C(=O)C#Cc1ccccc1. The van der Waals surface area contributed by atoms with E-state index in [1.165, 1.54) is 6.08 Å². The highest BCUT2D eigenvalue weighted by Gasteiger charge is 1.99. The van der Waals surface area contributed by atoms with Gasteiger partial charge >= 0.3 is 0 Å². The fourth-order valence-corrected chi connectivity index (χ4v) is 1.09. The molecule has 0 aliphatic rings. The number of hydrogen-bond acceptors (Lipinski definition) is 1. The van der Waals surface area contributed by atoms with Crippen molar-refractivity contribution in [2.24, 2.45) is 0 Å². The molecule has 0 bridgehead atoms. The minimum Gasteiger partial charge on any atom is -0.279 e. The first-order valence-corrected chi connectivity index (χ1v) is 4.84. The number of allylic oxidation sites excluding steroid dienone is 4. The molecule has 0 N–H and O–H groups in total. The van der Waals surface area contributed by atoms with Crippen molar-refractivity contribution < 1.29 is 4.79 Å². The molecule has 0 saturated carbocycles. The third kappa shape index (κ3) is 3.43. The quantitative estimate of drug-likeness (QED) is 0.424. The molecule has 16 heavy (non-hydrogen) atoms. The first kappa shape index (κ1) is 11.7. The largest absolute Gasteiger partial charge is 0.279 e. The van der Waals surface area contributed by atoms with Crippen LogP contribution in [0.15, 0.2) is 67.3 Å². The van der Waals surface area contributed by atoms with E-state index in [2.05, 4.69) is 25.0 Å². The molecular weight excluding hydrogens is 196 g/mol. The zero-order valence-electron chi connectivity index (χ0n) is 8.94. The van der Waals surface area contributed by atoms with Gasteiger partial charge in [0.2, 0.25) is 5.78 Å². The Balaban J connectivity index is 2.87. The van der Waals surface area contributed by atoms with E-state index in [4.69, 9.17) is 0 Å². The van der Waals surface area contributed by atoms with Gasteiger partial charge in [-0.1, -0.05) is 55.5 Å². The molecule has 0 amide bonds. The third-order valence-electron chi connectivity index (χ3n) is 1.87.